The van der Waals surface area contributed by atoms with E-state index in [1.54, 1.807) is 24.3 Å². The van der Waals surface area contributed by atoms with Gasteiger partial charge in [-0.15, -0.1) is 0 Å². The van der Waals surface area contributed by atoms with Crippen molar-refractivity contribution < 1.29 is 28.2 Å². The molecule has 0 aromatic heterocycles. The van der Waals surface area contributed by atoms with Crippen LogP contribution in [0.15, 0.2) is 58.6 Å². The topological polar surface area (TPSA) is 110 Å². The third-order valence-electron chi connectivity index (χ3n) is 5.08. The molecule has 1 N–H and O–H groups in total. The second-order valence-electron chi connectivity index (χ2n) is 7.10. The maximum Gasteiger partial charge on any atom is 0.351 e. The summed E-state index contributed by atoms with van der Waals surface area (Å²) in [4.78, 5) is 46.2. The van der Waals surface area contributed by atoms with Crippen LogP contribution in [0.2, 0.25) is 0 Å². The number of benzene rings is 2. The number of nitrogens with zero attached hydrogens (tertiary/aromatic N) is 3. The van der Waals surface area contributed by atoms with Crippen LogP contribution in [0.4, 0.5) is 9.18 Å². The molecule has 3 heterocycles. The minimum absolute atomic E-state index is 0.00196. The number of urea groups is 1. The Labute approximate surface area is 180 Å². The molecule has 0 saturated heterocycles. The standard InChI is InChI=1S/C22H15FN4O5/c23-15-4-2-1-3-13(15)14-9-25-20-19(14)26-22(30)27(21(20)29)10-18(28)24-8-12-5-6-16-17(7-12)32-11-31-16/h1-7,9H,8,10-11H2,(H,24,28). The van der Waals surface area contributed by atoms with Gasteiger partial charge in [0.15, 0.2) is 17.2 Å². The summed E-state index contributed by atoms with van der Waals surface area (Å²) in [6, 6.07) is 10.2. The molecule has 32 heavy (non-hydrogen) atoms. The Bertz CT molecular complexity index is 1270. The Hall–Kier alpha value is -4.34. The lowest BCUT2D eigenvalue weighted by atomic mass is 9.99. The Morgan fingerprint density at radius 3 is 2.75 bits per heavy atom. The van der Waals surface area contributed by atoms with Gasteiger partial charge in [-0.2, -0.15) is 4.99 Å². The molecule has 0 unspecified atom stereocenters. The lowest BCUT2D eigenvalue weighted by molar-refractivity contribution is -0.128. The van der Waals surface area contributed by atoms with E-state index in [-0.39, 0.29) is 35.9 Å². The van der Waals surface area contributed by atoms with E-state index in [1.807, 2.05) is 0 Å². The van der Waals surface area contributed by atoms with E-state index >= 15 is 0 Å². The number of carbonyl (C=O) groups excluding carboxylic acids is 3. The van der Waals surface area contributed by atoms with Gasteiger partial charge >= 0.3 is 6.03 Å². The molecule has 0 radical (unpaired) electrons. The monoisotopic (exact) mass is 434 g/mol. The maximum atomic E-state index is 14.1. The number of hydrogen-bond donors (Lipinski definition) is 1. The Morgan fingerprint density at radius 1 is 1.09 bits per heavy atom. The van der Waals surface area contributed by atoms with Crippen molar-refractivity contribution in [2.75, 3.05) is 13.3 Å². The molecule has 5 rings (SSSR count). The normalized spacial score (nSPS) is 16.4. The lowest BCUT2D eigenvalue weighted by Gasteiger charge is -2.23. The molecule has 9 nitrogen and oxygen atoms in total. The van der Waals surface area contributed by atoms with Gasteiger partial charge in [-0.05, 0) is 23.8 Å². The van der Waals surface area contributed by atoms with Gasteiger partial charge < -0.3 is 14.8 Å². The Kier molecular flexibility index (Phi) is 4.74. The van der Waals surface area contributed by atoms with E-state index in [2.05, 4.69) is 15.3 Å². The average molecular weight is 434 g/mol. The van der Waals surface area contributed by atoms with Crippen LogP contribution >= 0.6 is 0 Å². The van der Waals surface area contributed by atoms with Crippen molar-refractivity contribution >= 4 is 34.8 Å². The predicted octanol–water partition coefficient (Wildman–Crippen LogP) is 2.07. The molecule has 160 valence electrons. The second-order valence-corrected chi connectivity index (χ2v) is 7.10. The summed E-state index contributed by atoms with van der Waals surface area (Å²) in [6.45, 7) is -0.211. The van der Waals surface area contributed by atoms with E-state index in [0.29, 0.717) is 16.4 Å². The SMILES string of the molecule is O=C(CN1C(=O)N=C2C(c3ccccc3F)=CN=C2C1=O)NCc1ccc2c(c1)OCO2. The second kappa shape index (κ2) is 7.73. The van der Waals surface area contributed by atoms with Crippen LogP contribution in [-0.2, 0) is 16.1 Å². The van der Waals surface area contributed by atoms with Crippen LogP contribution in [0.3, 0.4) is 0 Å². The molecule has 2 aromatic rings. The molecule has 0 fully saturated rings. The fourth-order valence-electron chi connectivity index (χ4n) is 3.49. The Morgan fingerprint density at radius 2 is 1.91 bits per heavy atom. The van der Waals surface area contributed by atoms with Crippen LogP contribution in [-0.4, -0.2) is 47.5 Å². The van der Waals surface area contributed by atoms with Crippen LogP contribution < -0.4 is 14.8 Å². The van der Waals surface area contributed by atoms with Gasteiger partial charge in [0.25, 0.3) is 5.91 Å². The van der Waals surface area contributed by atoms with Crippen LogP contribution in [0.1, 0.15) is 11.1 Å². The lowest BCUT2D eigenvalue weighted by Crippen LogP contribution is -2.50. The summed E-state index contributed by atoms with van der Waals surface area (Å²) < 4.78 is 24.7. The number of allylic oxidation sites excluding steroid dienone is 1. The number of nitrogens with one attached hydrogen (secondary N) is 1. The summed E-state index contributed by atoms with van der Waals surface area (Å²) >= 11 is 0. The third-order valence-corrected chi connectivity index (χ3v) is 5.08. The average Bonchev–Trinajstić information content (AvgIpc) is 3.42. The van der Waals surface area contributed by atoms with Gasteiger partial charge in [-0.25, -0.2) is 19.1 Å². The highest BCUT2D eigenvalue weighted by molar-refractivity contribution is 6.78. The van der Waals surface area contributed by atoms with Crippen molar-refractivity contribution in [1.82, 2.24) is 10.2 Å². The van der Waals surface area contributed by atoms with Crippen LogP contribution in [0.25, 0.3) is 5.57 Å². The fourth-order valence-corrected chi connectivity index (χ4v) is 3.49. The number of carbonyl (C=O) groups is 3. The third kappa shape index (κ3) is 3.41. The molecule has 4 amide bonds. The summed E-state index contributed by atoms with van der Waals surface area (Å²) in [5.41, 5.74) is 1.08. The van der Waals surface area contributed by atoms with Crippen LogP contribution in [0, 0.1) is 5.82 Å². The van der Waals surface area contributed by atoms with Crippen molar-refractivity contribution in [1.29, 1.82) is 0 Å². The number of hydrogen-bond acceptors (Lipinski definition) is 6. The van der Waals surface area contributed by atoms with E-state index in [4.69, 9.17) is 9.47 Å². The quantitative estimate of drug-likeness (QED) is 0.775. The minimum Gasteiger partial charge on any atom is -0.454 e. The molecule has 0 bridgehead atoms. The van der Waals surface area contributed by atoms with E-state index < -0.39 is 30.2 Å². The highest BCUT2D eigenvalue weighted by Gasteiger charge is 2.39. The van der Waals surface area contributed by atoms with Crippen molar-refractivity contribution in [3.63, 3.8) is 0 Å². The van der Waals surface area contributed by atoms with E-state index in [9.17, 15) is 18.8 Å². The first-order chi connectivity index (χ1) is 15.5. The Balaban J connectivity index is 1.26. The predicted molar refractivity (Wildman–Crippen MR) is 111 cm³/mol. The van der Waals surface area contributed by atoms with Gasteiger partial charge in [-0.3, -0.25) is 9.59 Å². The summed E-state index contributed by atoms with van der Waals surface area (Å²) in [5.74, 6) is -0.635. The molecule has 2 aromatic carbocycles. The highest BCUT2D eigenvalue weighted by Crippen LogP contribution is 2.32. The molecular formula is C22H15FN4O5. The molecule has 0 aliphatic carbocycles. The summed E-state index contributed by atoms with van der Waals surface area (Å²) in [5, 5.41) is 2.65. The fraction of sp³-hybridized carbons (Fsp3) is 0.136. The molecule has 3 aliphatic heterocycles. The molecule has 0 atom stereocenters. The smallest absolute Gasteiger partial charge is 0.351 e. The van der Waals surface area contributed by atoms with Crippen molar-refractivity contribution in [3.8, 4) is 11.5 Å². The van der Waals surface area contributed by atoms with Crippen molar-refractivity contribution in [3.05, 3.63) is 65.6 Å². The van der Waals surface area contributed by atoms with Crippen molar-refractivity contribution in [2.24, 2.45) is 9.98 Å². The number of amides is 4. The zero-order valence-corrected chi connectivity index (χ0v) is 16.5. The maximum absolute atomic E-state index is 14.1. The first-order valence-corrected chi connectivity index (χ1v) is 9.64. The number of ether oxygens (including phenoxy) is 2. The number of rotatable bonds is 5. The number of halogens is 1. The van der Waals surface area contributed by atoms with Crippen LogP contribution in [0.5, 0.6) is 11.5 Å². The summed E-state index contributed by atoms with van der Waals surface area (Å²) in [6.07, 6.45) is 1.29. The van der Waals surface area contributed by atoms with Gasteiger partial charge in [0, 0.05) is 23.9 Å². The first kappa shape index (κ1) is 19.6. The van der Waals surface area contributed by atoms with Gasteiger partial charge in [0.05, 0.1) is 0 Å². The van der Waals surface area contributed by atoms with Gasteiger partial charge in [0.2, 0.25) is 12.7 Å². The van der Waals surface area contributed by atoms with Gasteiger partial charge in [0.1, 0.15) is 18.1 Å². The largest absolute Gasteiger partial charge is 0.454 e. The number of imide groups is 1. The summed E-state index contributed by atoms with van der Waals surface area (Å²) in [7, 11) is 0. The number of aliphatic imine (C=N–C) groups is 2. The molecular weight excluding hydrogens is 419 g/mol. The molecule has 10 heteroatoms. The minimum atomic E-state index is -0.911. The zero-order chi connectivity index (χ0) is 22.2. The van der Waals surface area contributed by atoms with Gasteiger partial charge in [-0.1, -0.05) is 24.3 Å². The highest BCUT2D eigenvalue weighted by atomic mass is 19.1. The molecule has 0 saturated carbocycles. The van der Waals surface area contributed by atoms with E-state index in [0.717, 1.165) is 5.56 Å². The number of fused-ring (bicyclic) bond motifs is 2. The first-order valence-electron chi connectivity index (χ1n) is 9.64. The zero-order valence-electron chi connectivity index (χ0n) is 16.5. The van der Waals surface area contributed by atoms with E-state index in [1.165, 1.54) is 24.4 Å². The molecule has 0 spiro atoms. The van der Waals surface area contributed by atoms with Crippen molar-refractivity contribution in [2.45, 2.75) is 6.54 Å². The molecule has 3 aliphatic rings.